The third kappa shape index (κ3) is 4.32. The molecule has 98 valence electrons. The van der Waals surface area contributed by atoms with E-state index in [1.54, 1.807) is 18.2 Å². The molecule has 0 aliphatic rings. The minimum absolute atomic E-state index is 0.0361. The molecule has 19 heavy (non-hydrogen) atoms. The van der Waals surface area contributed by atoms with Crippen molar-refractivity contribution in [1.82, 2.24) is 5.32 Å². The van der Waals surface area contributed by atoms with Gasteiger partial charge in [-0.1, -0.05) is 24.3 Å². The van der Waals surface area contributed by atoms with Gasteiger partial charge in [-0.2, -0.15) is 5.26 Å². The average molecular weight is 256 g/mol. The Kier molecular flexibility index (Phi) is 5.90. The summed E-state index contributed by atoms with van der Waals surface area (Å²) in [6.07, 6.45) is 3.07. The second kappa shape index (κ2) is 7.72. The van der Waals surface area contributed by atoms with Crippen molar-refractivity contribution in [3.05, 3.63) is 48.1 Å². The average Bonchev–Trinajstić information content (AvgIpc) is 2.44. The summed E-state index contributed by atoms with van der Waals surface area (Å²) in [5.41, 5.74) is 0.739. The lowest BCUT2D eigenvalue weighted by atomic mass is 10.1. The lowest BCUT2D eigenvalue weighted by Gasteiger charge is -2.07. The van der Waals surface area contributed by atoms with E-state index in [4.69, 9.17) is 10.00 Å². The van der Waals surface area contributed by atoms with Gasteiger partial charge in [0.05, 0.1) is 6.61 Å². The molecule has 0 bridgehead atoms. The van der Waals surface area contributed by atoms with Crippen LogP contribution in [-0.4, -0.2) is 19.1 Å². The first-order valence-electron chi connectivity index (χ1n) is 5.95. The normalized spacial score (nSPS) is 10.4. The Balaban J connectivity index is 3.01. The van der Waals surface area contributed by atoms with Gasteiger partial charge in [0.2, 0.25) is 0 Å². The van der Waals surface area contributed by atoms with Gasteiger partial charge < -0.3 is 10.1 Å². The van der Waals surface area contributed by atoms with Crippen molar-refractivity contribution < 1.29 is 9.53 Å². The molecule has 0 radical (unpaired) electrons. The number of para-hydroxylation sites is 1. The first-order chi connectivity index (χ1) is 9.22. The number of carbonyl (C=O) groups is 1. The molecule has 1 aromatic carbocycles. The molecule has 4 heteroatoms. The fourth-order valence-electron chi connectivity index (χ4n) is 1.45. The van der Waals surface area contributed by atoms with Crippen LogP contribution in [0, 0.1) is 11.3 Å². The summed E-state index contributed by atoms with van der Waals surface area (Å²) in [5, 5.41) is 11.6. The van der Waals surface area contributed by atoms with Crippen molar-refractivity contribution in [2.24, 2.45) is 0 Å². The third-order valence-electron chi connectivity index (χ3n) is 2.29. The first kappa shape index (κ1) is 14.5. The fraction of sp³-hybridized carbons (Fsp3) is 0.200. The maximum absolute atomic E-state index is 11.7. The van der Waals surface area contributed by atoms with Crippen LogP contribution in [0.3, 0.4) is 0 Å². The number of amides is 1. The Morgan fingerprint density at radius 3 is 2.89 bits per heavy atom. The number of nitrogens with one attached hydrogen (secondary N) is 1. The van der Waals surface area contributed by atoms with E-state index in [-0.39, 0.29) is 5.57 Å². The zero-order valence-corrected chi connectivity index (χ0v) is 10.8. The number of rotatable bonds is 6. The van der Waals surface area contributed by atoms with E-state index in [0.29, 0.717) is 24.5 Å². The van der Waals surface area contributed by atoms with Crippen LogP contribution in [0.15, 0.2) is 42.5 Å². The van der Waals surface area contributed by atoms with Crippen LogP contribution >= 0.6 is 0 Å². The molecule has 1 N–H and O–H groups in total. The Hall–Kier alpha value is -2.54. The molecule has 1 aromatic rings. The predicted octanol–water partition coefficient (Wildman–Crippen LogP) is 2.29. The molecule has 0 saturated heterocycles. The van der Waals surface area contributed by atoms with E-state index in [1.807, 2.05) is 25.1 Å². The molecule has 4 nitrogen and oxygen atoms in total. The topological polar surface area (TPSA) is 62.1 Å². The molecule has 0 heterocycles. The van der Waals surface area contributed by atoms with Crippen molar-refractivity contribution >= 4 is 12.0 Å². The summed E-state index contributed by atoms with van der Waals surface area (Å²) in [7, 11) is 0. The minimum Gasteiger partial charge on any atom is -0.493 e. The SMILES string of the molecule is C=CCNC(=O)/C(C#N)=C/c1ccccc1OCC. The highest BCUT2D eigenvalue weighted by Gasteiger charge is 2.09. The smallest absolute Gasteiger partial charge is 0.262 e. The van der Waals surface area contributed by atoms with Crippen LogP contribution in [0.25, 0.3) is 6.08 Å². The van der Waals surface area contributed by atoms with Crippen LogP contribution in [0.4, 0.5) is 0 Å². The molecule has 1 amide bonds. The third-order valence-corrected chi connectivity index (χ3v) is 2.29. The summed E-state index contributed by atoms with van der Waals surface area (Å²) >= 11 is 0. The number of carbonyl (C=O) groups excluding carboxylic acids is 1. The number of hydrogen-bond donors (Lipinski definition) is 1. The molecular formula is C15H16N2O2. The number of hydrogen-bond acceptors (Lipinski definition) is 3. The molecule has 0 spiro atoms. The Morgan fingerprint density at radius 1 is 1.53 bits per heavy atom. The minimum atomic E-state index is -0.422. The monoisotopic (exact) mass is 256 g/mol. The molecule has 0 saturated carbocycles. The van der Waals surface area contributed by atoms with Gasteiger partial charge in [0, 0.05) is 12.1 Å². The molecule has 0 aromatic heterocycles. The Labute approximate surface area is 113 Å². The van der Waals surface area contributed by atoms with Crippen LogP contribution in [0.5, 0.6) is 5.75 Å². The predicted molar refractivity (Wildman–Crippen MR) is 74.4 cm³/mol. The zero-order chi connectivity index (χ0) is 14.1. The first-order valence-corrected chi connectivity index (χ1v) is 5.95. The van der Waals surface area contributed by atoms with Gasteiger partial charge in [-0.05, 0) is 19.1 Å². The van der Waals surface area contributed by atoms with Gasteiger partial charge in [-0.15, -0.1) is 6.58 Å². The molecular weight excluding hydrogens is 240 g/mol. The summed E-state index contributed by atoms with van der Waals surface area (Å²) in [6.45, 7) is 6.23. The molecule has 0 atom stereocenters. The van der Waals surface area contributed by atoms with E-state index in [9.17, 15) is 4.79 Å². The van der Waals surface area contributed by atoms with E-state index >= 15 is 0 Å². The number of benzene rings is 1. The highest BCUT2D eigenvalue weighted by molar-refractivity contribution is 6.02. The highest BCUT2D eigenvalue weighted by Crippen LogP contribution is 2.20. The van der Waals surface area contributed by atoms with Crippen LogP contribution < -0.4 is 10.1 Å². The summed E-state index contributed by atoms with van der Waals surface area (Å²) < 4.78 is 5.44. The second-order valence-electron chi connectivity index (χ2n) is 3.64. The number of ether oxygens (including phenoxy) is 1. The van der Waals surface area contributed by atoms with E-state index < -0.39 is 5.91 Å². The lowest BCUT2D eigenvalue weighted by Crippen LogP contribution is -2.24. The fourth-order valence-corrected chi connectivity index (χ4v) is 1.45. The Morgan fingerprint density at radius 2 is 2.26 bits per heavy atom. The van der Waals surface area contributed by atoms with Crippen LogP contribution in [0.1, 0.15) is 12.5 Å². The molecule has 0 fully saturated rings. The largest absolute Gasteiger partial charge is 0.493 e. The summed E-state index contributed by atoms with van der Waals surface area (Å²) in [4.78, 5) is 11.7. The zero-order valence-electron chi connectivity index (χ0n) is 10.8. The number of nitrogens with zero attached hydrogens (tertiary/aromatic N) is 1. The van der Waals surface area contributed by atoms with Gasteiger partial charge >= 0.3 is 0 Å². The van der Waals surface area contributed by atoms with Crippen molar-refractivity contribution in [1.29, 1.82) is 5.26 Å². The van der Waals surface area contributed by atoms with Gasteiger partial charge in [0.1, 0.15) is 17.4 Å². The highest BCUT2D eigenvalue weighted by atomic mass is 16.5. The Bertz CT molecular complexity index is 527. The van der Waals surface area contributed by atoms with Crippen molar-refractivity contribution in [2.75, 3.05) is 13.2 Å². The van der Waals surface area contributed by atoms with Crippen molar-refractivity contribution in [3.8, 4) is 11.8 Å². The van der Waals surface area contributed by atoms with Gasteiger partial charge in [0.15, 0.2) is 0 Å². The number of nitriles is 1. The summed E-state index contributed by atoms with van der Waals surface area (Å²) in [6, 6.07) is 9.14. The maximum Gasteiger partial charge on any atom is 0.262 e. The van der Waals surface area contributed by atoms with Crippen LogP contribution in [0.2, 0.25) is 0 Å². The lowest BCUT2D eigenvalue weighted by molar-refractivity contribution is -0.116. The maximum atomic E-state index is 11.7. The van der Waals surface area contributed by atoms with E-state index in [2.05, 4.69) is 11.9 Å². The molecule has 0 unspecified atom stereocenters. The molecule has 1 rings (SSSR count). The summed E-state index contributed by atoms with van der Waals surface area (Å²) in [5.74, 6) is 0.225. The second-order valence-corrected chi connectivity index (χ2v) is 3.64. The molecule has 0 aliphatic carbocycles. The van der Waals surface area contributed by atoms with Crippen LogP contribution in [-0.2, 0) is 4.79 Å². The van der Waals surface area contributed by atoms with E-state index in [0.717, 1.165) is 0 Å². The standard InChI is InChI=1S/C15H16N2O2/c1-3-9-17-15(18)13(11-16)10-12-7-5-6-8-14(12)19-4-2/h3,5-8,10H,1,4,9H2,2H3,(H,17,18)/b13-10+. The molecule has 0 aliphatic heterocycles. The van der Waals surface area contributed by atoms with Crippen molar-refractivity contribution in [3.63, 3.8) is 0 Å². The quantitative estimate of drug-likeness (QED) is 0.482. The van der Waals surface area contributed by atoms with E-state index in [1.165, 1.54) is 6.08 Å². The van der Waals surface area contributed by atoms with Gasteiger partial charge in [-0.3, -0.25) is 4.79 Å². The van der Waals surface area contributed by atoms with Gasteiger partial charge in [0.25, 0.3) is 5.91 Å². The van der Waals surface area contributed by atoms with Gasteiger partial charge in [-0.25, -0.2) is 0 Å². The van der Waals surface area contributed by atoms with Crippen molar-refractivity contribution in [2.45, 2.75) is 6.92 Å².